The molecule has 1 heterocycles. The normalized spacial score (nSPS) is 24.1. The van der Waals surface area contributed by atoms with Crippen molar-refractivity contribution < 1.29 is 18.3 Å². The van der Waals surface area contributed by atoms with Crippen molar-refractivity contribution in [2.24, 2.45) is 5.92 Å². The van der Waals surface area contributed by atoms with Crippen LogP contribution < -0.4 is 0 Å². The second kappa shape index (κ2) is 5.82. The fourth-order valence-electron chi connectivity index (χ4n) is 2.27. The fourth-order valence-corrected chi connectivity index (χ4v) is 4.01. The maximum Gasteiger partial charge on any atom is 0.317 e. The van der Waals surface area contributed by atoms with Crippen LogP contribution in [0.25, 0.3) is 0 Å². The molecule has 1 N–H and O–H groups in total. The summed E-state index contributed by atoms with van der Waals surface area (Å²) in [6.45, 7) is 4.57. The molecule has 100 valence electrons. The Labute approximate surface area is 103 Å². The van der Waals surface area contributed by atoms with E-state index in [1.807, 2.05) is 13.8 Å². The lowest BCUT2D eigenvalue weighted by Gasteiger charge is -2.33. The van der Waals surface area contributed by atoms with Gasteiger partial charge < -0.3 is 5.11 Å². The molecule has 0 bridgehead atoms. The highest BCUT2D eigenvalue weighted by atomic mass is 32.2. The number of carbonyl (C=O) groups is 1. The first kappa shape index (κ1) is 14.4. The van der Waals surface area contributed by atoms with E-state index in [4.69, 9.17) is 5.11 Å². The SMILES string of the molecule is CC(C)CN(CC(=O)O)C1CCCS(=O)(=O)C1. The lowest BCUT2D eigenvalue weighted by atomic mass is 10.1. The molecule has 1 saturated heterocycles. The Morgan fingerprint density at radius 1 is 1.47 bits per heavy atom. The Morgan fingerprint density at radius 3 is 2.59 bits per heavy atom. The summed E-state index contributed by atoms with van der Waals surface area (Å²) in [4.78, 5) is 12.6. The second-order valence-corrected chi connectivity index (χ2v) is 7.36. The van der Waals surface area contributed by atoms with Crippen LogP contribution in [0, 0.1) is 5.92 Å². The van der Waals surface area contributed by atoms with Crippen LogP contribution in [0.1, 0.15) is 26.7 Å². The average Bonchev–Trinajstić information content (AvgIpc) is 2.13. The van der Waals surface area contributed by atoms with Gasteiger partial charge >= 0.3 is 5.97 Å². The van der Waals surface area contributed by atoms with Crippen molar-refractivity contribution in [1.82, 2.24) is 4.90 Å². The number of carboxylic acids is 1. The molecule has 17 heavy (non-hydrogen) atoms. The summed E-state index contributed by atoms with van der Waals surface area (Å²) in [7, 11) is -2.98. The summed E-state index contributed by atoms with van der Waals surface area (Å²) in [6.07, 6.45) is 1.42. The summed E-state index contributed by atoms with van der Waals surface area (Å²) in [5.41, 5.74) is 0. The van der Waals surface area contributed by atoms with Crippen LogP contribution in [0.2, 0.25) is 0 Å². The van der Waals surface area contributed by atoms with Crippen LogP contribution >= 0.6 is 0 Å². The average molecular weight is 263 g/mol. The lowest BCUT2D eigenvalue weighted by Crippen LogP contribution is -2.47. The number of carboxylic acid groups (broad SMARTS) is 1. The number of rotatable bonds is 5. The molecule has 1 atom stereocenters. The molecule has 0 radical (unpaired) electrons. The van der Waals surface area contributed by atoms with Gasteiger partial charge in [0, 0.05) is 12.6 Å². The zero-order valence-electron chi connectivity index (χ0n) is 10.4. The van der Waals surface area contributed by atoms with E-state index in [1.54, 1.807) is 4.90 Å². The summed E-state index contributed by atoms with van der Waals surface area (Å²) in [5.74, 6) is -0.216. The second-order valence-electron chi connectivity index (χ2n) is 5.13. The molecule has 0 amide bonds. The summed E-state index contributed by atoms with van der Waals surface area (Å²) in [6, 6.07) is -0.132. The van der Waals surface area contributed by atoms with E-state index in [1.165, 1.54) is 0 Å². The van der Waals surface area contributed by atoms with E-state index in [0.717, 1.165) is 6.42 Å². The molecule has 0 aromatic rings. The van der Waals surface area contributed by atoms with Crippen molar-refractivity contribution >= 4 is 15.8 Å². The van der Waals surface area contributed by atoms with Gasteiger partial charge in [-0.3, -0.25) is 9.69 Å². The van der Waals surface area contributed by atoms with Crippen LogP contribution in [-0.4, -0.2) is 55.0 Å². The third-order valence-electron chi connectivity index (χ3n) is 2.89. The third-order valence-corrected chi connectivity index (χ3v) is 4.70. The molecular weight excluding hydrogens is 242 g/mol. The van der Waals surface area contributed by atoms with Gasteiger partial charge in [0.2, 0.25) is 0 Å². The Bertz CT molecular complexity index is 364. The predicted molar refractivity (Wildman–Crippen MR) is 65.7 cm³/mol. The smallest absolute Gasteiger partial charge is 0.317 e. The van der Waals surface area contributed by atoms with E-state index < -0.39 is 15.8 Å². The fraction of sp³-hybridized carbons (Fsp3) is 0.909. The monoisotopic (exact) mass is 263 g/mol. The summed E-state index contributed by atoms with van der Waals surface area (Å²) >= 11 is 0. The maximum absolute atomic E-state index is 11.6. The molecular formula is C11H21NO4S. The van der Waals surface area contributed by atoms with Gasteiger partial charge in [-0.1, -0.05) is 13.8 Å². The van der Waals surface area contributed by atoms with Crippen LogP contribution in [0.4, 0.5) is 0 Å². The highest BCUT2D eigenvalue weighted by molar-refractivity contribution is 7.91. The largest absolute Gasteiger partial charge is 0.480 e. The van der Waals surface area contributed by atoms with Gasteiger partial charge in [0.15, 0.2) is 9.84 Å². The Morgan fingerprint density at radius 2 is 2.12 bits per heavy atom. The molecule has 1 fully saturated rings. The van der Waals surface area contributed by atoms with Gasteiger partial charge in [-0.15, -0.1) is 0 Å². The molecule has 1 aliphatic rings. The third kappa shape index (κ3) is 5.04. The number of sulfone groups is 1. The molecule has 0 aromatic heterocycles. The minimum atomic E-state index is -2.98. The van der Waals surface area contributed by atoms with E-state index in [2.05, 4.69) is 0 Å². The quantitative estimate of drug-likeness (QED) is 0.786. The van der Waals surface area contributed by atoms with Crippen LogP contribution in [0.5, 0.6) is 0 Å². The molecule has 1 unspecified atom stereocenters. The standard InChI is InChI=1S/C11H21NO4S/c1-9(2)6-12(7-11(13)14)10-4-3-5-17(15,16)8-10/h9-10H,3-8H2,1-2H3,(H,13,14). The van der Waals surface area contributed by atoms with E-state index >= 15 is 0 Å². The van der Waals surface area contributed by atoms with Gasteiger partial charge in [-0.25, -0.2) is 8.42 Å². The van der Waals surface area contributed by atoms with Crippen LogP contribution in [0.3, 0.4) is 0 Å². The minimum Gasteiger partial charge on any atom is -0.480 e. The first-order valence-electron chi connectivity index (χ1n) is 5.96. The van der Waals surface area contributed by atoms with Gasteiger partial charge in [0.05, 0.1) is 18.1 Å². The topological polar surface area (TPSA) is 74.7 Å². The van der Waals surface area contributed by atoms with Gasteiger partial charge in [-0.05, 0) is 18.8 Å². The Balaban J connectivity index is 2.71. The minimum absolute atomic E-state index is 0.0711. The number of hydrogen-bond donors (Lipinski definition) is 1. The van der Waals surface area contributed by atoms with Crippen molar-refractivity contribution in [2.45, 2.75) is 32.7 Å². The van der Waals surface area contributed by atoms with Crippen LogP contribution in [0.15, 0.2) is 0 Å². The number of aliphatic carboxylic acids is 1. The molecule has 1 aliphatic heterocycles. The highest BCUT2D eigenvalue weighted by Gasteiger charge is 2.30. The molecule has 0 aliphatic carbocycles. The van der Waals surface area contributed by atoms with Gasteiger partial charge in [0.25, 0.3) is 0 Å². The lowest BCUT2D eigenvalue weighted by molar-refractivity contribution is -0.139. The first-order chi connectivity index (χ1) is 7.80. The van der Waals surface area contributed by atoms with Crippen molar-refractivity contribution in [3.63, 3.8) is 0 Å². The zero-order chi connectivity index (χ0) is 13.1. The van der Waals surface area contributed by atoms with E-state index in [0.29, 0.717) is 18.9 Å². The van der Waals surface area contributed by atoms with Crippen LogP contribution in [-0.2, 0) is 14.6 Å². The Kier molecular flexibility index (Phi) is 4.94. The number of hydrogen-bond acceptors (Lipinski definition) is 4. The summed E-state index contributed by atoms with van der Waals surface area (Å²) < 4.78 is 23.1. The first-order valence-corrected chi connectivity index (χ1v) is 7.78. The van der Waals surface area contributed by atoms with Crippen molar-refractivity contribution in [3.05, 3.63) is 0 Å². The molecule has 0 saturated carbocycles. The van der Waals surface area contributed by atoms with Gasteiger partial charge in [0.1, 0.15) is 0 Å². The zero-order valence-corrected chi connectivity index (χ0v) is 11.2. The summed E-state index contributed by atoms with van der Waals surface area (Å²) in [5, 5.41) is 8.87. The Hall–Kier alpha value is -0.620. The van der Waals surface area contributed by atoms with Crippen molar-refractivity contribution in [3.8, 4) is 0 Å². The van der Waals surface area contributed by atoms with E-state index in [-0.39, 0.29) is 24.1 Å². The van der Waals surface area contributed by atoms with E-state index in [9.17, 15) is 13.2 Å². The molecule has 0 aromatic carbocycles. The van der Waals surface area contributed by atoms with Crippen molar-refractivity contribution in [1.29, 1.82) is 0 Å². The van der Waals surface area contributed by atoms with Gasteiger partial charge in [-0.2, -0.15) is 0 Å². The van der Waals surface area contributed by atoms with Crippen molar-refractivity contribution in [2.75, 3.05) is 24.6 Å². The molecule has 1 rings (SSSR count). The predicted octanol–water partition coefficient (Wildman–Crippen LogP) is 0.606. The maximum atomic E-state index is 11.6. The highest BCUT2D eigenvalue weighted by Crippen LogP contribution is 2.18. The number of nitrogens with zero attached hydrogens (tertiary/aromatic N) is 1. The molecule has 0 spiro atoms. The molecule has 5 nitrogen and oxygen atoms in total. The molecule has 6 heteroatoms.